The Hall–Kier alpha value is -3.87. The van der Waals surface area contributed by atoms with Gasteiger partial charge >= 0.3 is 6.03 Å². The Balaban J connectivity index is 1.98. The van der Waals surface area contributed by atoms with Crippen molar-refractivity contribution in [3.8, 4) is 11.5 Å². The Bertz CT molecular complexity index is 1030. The van der Waals surface area contributed by atoms with E-state index in [4.69, 9.17) is 9.47 Å². The zero-order valence-corrected chi connectivity index (χ0v) is 16.1. The number of nitrogens with zero attached hydrogens (tertiary/aromatic N) is 1. The Morgan fingerprint density at radius 2 is 1.86 bits per heavy atom. The summed E-state index contributed by atoms with van der Waals surface area (Å²) in [6.07, 6.45) is 3.02. The number of nitrogens with one attached hydrogen (secondary N) is 1. The minimum Gasteiger partial charge on any atom is -0.493 e. The maximum absolute atomic E-state index is 13.0. The number of hydrogen-bond acceptors (Lipinski definition) is 5. The molecule has 1 aliphatic heterocycles. The van der Waals surface area contributed by atoms with E-state index in [0.29, 0.717) is 29.4 Å². The van der Waals surface area contributed by atoms with Crippen LogP contribution in [-0.2, 0) is 9.59 Å². The minimum absolute atomic E-state index is 0.158. The van der Waals surface area contributed by atoms with Crippen molar-refractivity contribution in [3.05, 3.63) is 71.8 Å². The average molecular weight is 392 g/mol. The number of anilines is 1. The topological polar surface area (TPSA) is 84.9 Å². The van der Waals surface area contributed by atoms with Crippen LogP contribution in [0, 0.1) is 6.92 Å². The van der Waals surface area contributed by atoms with E-state index < -0.39 is 17.8 Å². The van der Waals surface area contributed by atoms with Gasteiger partial charge in [-0.2, -0.15) is 0 Å². The monoisotopic (exact) mass is 392 g/mol. The van der Waals surface area contributed by atoms with Crippen molar-refractivity contribution in [2.45, 2.75) is 6.92 Å². The Labute approximate surface area is 168 Å². The average Bonchev–Trinajstić information content (AvgIpc) is 2.71. The molecule has 148 valence electrons. The van der Waals surface area contributed by atoms with Crippen molar-refractivity contribution < 1.29 is 23.9 Å². The molecule has 4 amide bonds. The number of amides is 4. The molecule has 0 bridgehead atoms. The number of ether oxygens (including phenoxy) is 2. The number of barbiturate groups is 1. The highest BCUT2D eigenvalue weighted by Gasteiger charge is 2.37. The van der Waals surface area contributed by atoms with Crippen LogP contribution in [0.5, 0.6) is 11.5 Å². The minimum atomic E-state index is -0.780. The molecular formula is C22H20N2O5. The molecule has 0 atom stereocenters. The maximum atomic E-state index is 13.0. The zero-order valence-electron chi connectivity index (χ0n) is 16.1. The van der Waals surface area contributed by atoms with Crippen molar-refractivity contribution >= 4 is 29.6 Å². The molecule has 1 heterocycles. The van der Waals surface area contributed by atoms with E-state index in [-0.39, 0.29) is 5.57 Å². The van der Waals surface area contributed by atoms with Gasteiger partial charge in [0.2, 0.25) is 0 Å². The molecule has 3 rings (SSSR count). The fourth-order valence-corrected chi connectivity index (χ4v) is 2.90. The van der Waals surface area contributed by atoms with Crippen molar-refractivity contribution in [1.29, 1.82) is 0 Å². The van der Waals surface area contributed by atoms with Gasteiger partial charge in [0.15, 0.2) is 11.5 Å². The molecule has 1 saturated heterocycles. The second-order valence-electron chi connectivity index (χ2n) is 6.25. The Morgan fingerprint density at radius 1 is 1.10 bits per heavy atom. The fraction of sp³-hybridized carbons (Fsp3) is 0.136. The van der Waals surface area contributed by atoms with E-state index in [9.17, 15) is 14.4 Å². The highest BCUT2D eigenvalue weighted by atomic mass is 16.5. The largest absolute Gasteiger partial charge is 0.493 e. The zero-order chi connectivity index (χ0) is 21.0. The summed E-state index contributed by atoms with van der Waals surface area (Å²) >= 11 is 0. The highest BCUT2D eigenvalue weighted by molar-refractivity contribution is 6.39. The first-order valence-corrected chi connectivity index (χ1v) is 8.85. The number of rotatable bonds is 6. The third-order valence-electron chi connectivity index (χ3n) is 4.31. The number of aryl methyl sites for hydroxylation is 1. The molecule has 0 unspecified atom stereocenters. The molecule has 0 aliphatic carbocycles. The van der Waals surface area contributed by atoms with Gasteiger partial charge in [0, 0.05) is 0 Å². The molecule has 0 spiro atoms. The standard InChI is InChI=1S/C22H20N2O5/c1-4-11-29-18-10-9-15(13-19(18)28-3)12-16-20(25)23-22(27)24(21(16)26)17-8-6-5-7-14(17)2/h4-10,12-13H,1,11H2,2-3H3,(H,23,25,27)/b16-12+. The predicted molar refractivity (Wildman–Crippen MR) is 109 cm³/mol. The molecule has 1 aliphatic rings. The van der Waals surface area contributed by atoms with E-state index in [1.54, 1.807) is 55.5 Å². The first-order chi connectivity index (χ1) is 14.0. The van der Waals surface area contributed by atoms with Gasteiger partial charge in [-0.25, -0.2) is 9.69 Å². The molecule has 0 aromatic heterocycles. The third kappa shape index (κ3) is 4.03. The molecule has 7 heteroatoms. The SMILES string of the molecule is C=CCOc1ccc(/C=C2\C(=O)NC(=O)N(c3ccccc3C)C2=O)cc1OC. The molecule has 1 N–H and O–H groups in total. The van der Waals surface area contributed by atoms with Crippen LogP contribution in [0.15, 0.2) is 60.7 Å². The van der Waals surface area contributed by atoms with Gasteiger partial charge in [0.05, 0.1) is 12.8 Å². The van der Waals surface area contributed by atoms with E-state index in [1.807, 2.05) is 0 Å². The molecule has 1 fully saturated rings. The van der Waals surface area contributed by atoms with Crippen LogP contribution in [0.1, 0.15) is 11.1 Å². The Kier molecular flexibility index (Phi) is 5.78. The fourth-order valence-electron chi connectivity index (χ4n) is 2.90. The predicted octanol–water partition coefficient (Wildman–Crippen LogP) is 3.23. The van der Waals surface area contributed by atoms with Gasteiger partial charge in [-0.3, -0.25) is 14.9 Å². The van der Waals surface area contributed by atoms with Crippen LogP contribution in [0.3, 0.4) is 0 Å². The Morgan fingerprint density at radius 3 is 2.55 bits per heavy atom. The van der Waals surface area contributed by atoms with Crippen LogP contribution in [-0.4, -0.2) is 31.6 Å². The van der Waals surface area contributed by atoms with Crippen molar-refractivity contribution in [3.63, 3.8) is 0 Å². The summed E-state index contributed by atoms with van der Waals surface area (Å²) < 4.78 is 10.8. The van der Waals surface area contributed by atoms with E-state index >= 15 is 0 Å². The lowest BCUT2D eigenvalue weighted by Gasteiger charge is -2.27. The summed E-state index contributed by atoms with van der Waals surface area (Å²) in [6, 6.07) is 11.2. The van der Waals surface area contributed by atoms with Crippen LogP contribution in [0.25, 0.3) is 6.08 Å². The molecule has 0 saturated carbocycles. The lowest BCUT2D eigenvalue weighted by molar-refractivity contribution is -0.122. The number of benzene rings is 2. The highest BCUT2D eigenvalue weighted by Crippen LogP contribution is 2.30. The van der Waals surface area contributed by atoms with Crippen molar-refractivity contribution in [2.75, 3.05) is 18.6 Å². The van der Waals surface area contributed by atoms with Gasteiger partial charge in [-0.1, -0.05) is 36.9 Å². The van der Waals surface area contributed by atoms with Gasteiger partial charge < -0.3 is 9.47 Å². The molecule has 7 nitrogen and oxygen atoms in total. The lowest BCUT2D eigenvalue weighted by Crippen LogP contribution is -2.54. The summed E-state index contributed by atoms with van der Waals surface area (Å²) in [7, 11) is 1.49. The van der Waals surface area contributed by atoms with E-state index in [2.05, 4.69) is 11.9 Å². The number of para-hydroxylation sites is 1. The molecule has 0 radical (unpaired) electrons. The number of carbonyl (C=O) groups is 3. The number of carbonyl (C=O) groups excluding carboxylic acids is 3. The number of methoxy groups -OCH3 is 1. The quantitative estimate of drug-likeness (QED) is 0.463. The van der Waals surface area contributed by atoms with E-state index in [0.717, 1.165) is 10.5 Å². The summed E-state index contributed by atoms with van der Waals surface area (Å²) in [5.74, 6) is -0.503. The lowest BCUT2D eigenvalue weighted by atomic mass is 10.1. The number of urea groups is 1. The van der Waals surface area contributed by atoms with Crippen LogP contribution in [0.4, 0.5) is 10.5 Å². The summed E-state index contributed by atoms with van der Waals surface area (Å²) in [6.45, 7) is 5.69. The van der Waals surface area contributed by atoms with E-state index in [1.165, 1.54) is 13.2 Å². The summed E-state index contributed by atoms with van der Waals surface area (Å²) in [5.41, 5.74) is 1.54. The second kappa shape index (κ2) is 8.43. The molecular weight excluding hydrogens is 372 g/mol. The number of hydrogen-bond donors (Lipinski definition) is 1. The first kappa shape index (κ1) is 19.9. The molecule has 29 heavy (non-hydrogen) atoms. The smallest absolute Gasteiger partial charge is 0.335 e. The summed E-state index contributed by atoms with van der Waals surface area (Å²) in [4.78, 5) is 38.6. The van der Waals surface area contributed by atoms with Crippen LogP contribution < -0.4 is 19.7 Å². The first-order valence-electron chi connectivity index (χ1n) is 8.85. The normalized spacial score (nSPS) is 15.3. The maximum Gasteiger partial charge on any atom is 0.335 e. The third-order valence-corrected chi connectivity index (χ3v) is 4.31. The van der Waals surface area contributed by atoms with Gasteiger partial charge in [0.25, 0.3) is 11.8 Å². The van der Waals surface area contributed by atoms with Crippen molar-refractivity contribution in [2.24, 2.45) is 0 Å². The van der Waals surface area contributed by atoms with Gasteiger partial charge in [-0.05, 0) is 42.3 Å². The van der Waals surface area contributed by atoms with Gasteiger partial charge in [0.1, 0.15) is 12.2 Å². The van der Waals surface area contributed by atoms with Crippen LogP contribution >= 0.6 is 0 Å². The molecule has 2 aromatic rings. The second-order valence-corrected chi connectivity index (χ2v) is 6.25. The van der Waals surface area contributed by atoms with Crippen molar-refractivity contribution in [1.82, 2.24) is 5.32 Å². The number of imide groups is 2. The summed E-state index contributed by atoms with van der Waals surface area (Å²) in [5, 5.41) is 2.22. The molecule has 2 aromatic carbocycles. The van der Waals surface area contributed by atoms with Crippen LogP contribution in [0.2, 0.25) is 0 Å². The van der Waals surface area contributed by atoms with Gasteiger partial charge in [-0.15, -0.1) is 0 Å².